The third kappa shape index (κ3) is 3.72. The number of benzene rings is 3. The monoisotopic (exact) mass is 491 g/mol. The lowest BCUT2D eigenvalue weighted by Crippen LogP contribution is -2.22. The molecule has 1 atom stereocenters. The van der Waals surface area contributed by atoms with E-state index in [1.54, 1.807) is 0 Å². The molecule has 2 aliphatic carbocycles. The van der Waals surface area contributed by atoms with E-state index in [1.165, 1.54) is 50.0 Å². The molecule has 3 aromatic carbocycles. The van der Waals surface area contributed by atoms with Gasteiger partial charge in [0.2, 0.25) is 0 Å². The Morgan fingerprint density at radius 2 is 1.87 bits per heavy atom. The Labute approximate surface area is 226 Å². The fraction of sp³-hybridized carbons (Fsp3) is 0.189. The lowest BCUT2D eigenvalue weighted by Gasteiger charge is -2.25. The van der Waals surface area contributed by atoms with Crippen molar-refractivity contribution >= 4 is 34.2 Å². The van der Waals surface area contributed by atoms with Crippen molar-refractivity contribution in [1.82, 2.24) is 4.57 Å². The average molecular weight is 492 g/mol. The van der Waals surface area contributed by atoms with Gasteiger partial charge in [0.25, 0.3) is 0 Å². The number of allylic oxidation sites excluding steroid dienone is 5. The van der Waals surface area contributed by atoms with Gasteiger partial charge in [-0.1, -0.05) is 93.0 Å². The minimum Gasteiger partial charge on any atom is -0.309 e. The Balaban J connectivity index is 1.56. The maximum Gasteiger partial charge on any atom is 0.0550 e. The van der Waals surface area contributed by atoms with Crippen molar-refractivity contribution in [3.63, 3.8) is 0 Å². The highest BCUT2D eigenvalue weighted by Gasteiger charge is 2.42. The predicted octanol–water partition coefficient (Wildman–Crippen LogP) is 9.40. The van der Waals surface area contributed by atoms with Crippen LogP contribution in [0.4, 0.5) is 0 Å². The number of fused-ring (bicyclic) bond motifs is 4. The van der Waals surface area contributed by atoms with Crippen molar-refractivity contribution in [1.29, 1.82) is 0 Å². The molecule has 0 radical (unpaired) electrons. The van der Waals surface area contributed by atoms with Crippen LogP contribution in [0.15, 0.2) is 91.5 Å². The van der Waals surface area contributed by atoms with Crippen LogP contribution in [0.25, 0.3) is 39.9 Å². The van der Waals surface area contributed by atoms with E-state index in [0.717, 1.165) is 17.7 Å². The molecule has 2 aliphatic rings. The lowest BCUT2D eigenvalue weighted by atomic mass is 9.77. The van der Waals surface area contributed by atoms with Gasteiger partial charge in [-0.3, -0.25) is 0 Å². The number of aryl methyl sites for hydroxylation is 1. The molecule has 0 amide bonds. The fourth-order valence-corrected chi connectivity index (χ4v) is 6.26. The van der Waals surface area contributed by atoms with Gasteiger partial charge in [0.05, 0.1) is 17.1 Å². The topological polar surface area (TPSA) is 4.93 Å². The summed E-state index contributed by atoms with van der Waals surface area (Å²) in [6.07, 6.45) is 11.7. The maximum absolute atomic E-state index is 4.21. The zero-order chi connectivity index (χ0) is 26.4. The largest absolute Gasteiger partial charge is 0.309 e. The summed E-state index contributed by atoms with van der Waals surface area (Å²) in [7, 11) is 0. The summed E-state index contributed by atoms with van der Waals surface area (Å²) in [4.78, 5) is 0. The molecule has 0 saturated heterocycles. The Bertz CT molecular complexity index is 1750. The van der Waals surface area contributed by atoms with E-state index in [4.69, 9.17) is 0 Å². The number of aromatic nitrogens is 1. The highest BCUT2D eigenvalue weighted by atomic mass is 15.0. The zero-order valence-corrected chi connectivity index (χ0v) is 22.7. The third-order valence-corrected chi connectivity index (χ3v) is 8.11. The smallest absolute Gasteiger partial charge is 0.0550 e. The highest BCUT2D eigenvalue weighted by molar-refractivity contribution is 5.99. The van der Waals surface area contributed by atoms with Gasteiger partial charge in [0.1, 0.15) is 0 Å². The van der Waals surface area contributed by atoms with Crippen molar-refractivity contribution in [2.45, 2.75) is 39.5 Å². The number of rotatable bonds is 4. The van der Waals surface area contributed by atoms with Gasteiger partial charge < -0.3 is 4.57 Å². The van der Waals surface area contributed by atoms with E-state index in [-0.39, 0.29) is 11.3 Å². The van der Waals surface area contributed by atoms with Crippen LogP contribution in [0.1, 0.15) is 60.7 Å². The number of nitrogens with zero attached hydrogens (tertiary/aromatic N) is 1. The maximum atomic E-state index is 4.21. The minimum atomic E-state index is -0.00966. The van der Waals surface area contributed by atoms with E-state index in [2.05, 4.69) is 142 Å². The average Bonchev–Trinajstić information content (AvgIpc) is 3.31. The summed E-state index contributed by atoms with van der Waals surface area (Å²) in [5.41, 5.74) is 12.4. The van der Waals surface area contributed by atoms with Gasteiger partial charge >= 0.3 is 0 Å². The molecule has 0 aliphatic heterocycles. The van der Waals surface area contributed by atoms with Gasteiger partial charge in [-0.25, -0.2) is 0 Å². The Morgan fingerprint density at radius 1 is 1.03 bits per heavy atom. The Hall–Kier alpha value is -4.28. The molecule has 1 heteroatoms. The first-order valence-corrected chi connectivity index (χ1v) is 13.4. The van der Waals surface area contributed by atoms with E-state index in [0.29, 0.717) is 0 Å². The lowest BCUT2D eigenvalue weighted by molar-refractivity contribution is 0.488. The second kappa shape index (κ2) is 9.23. The number of hydrogen-bond acceptors (Lipinski definition) is 0. The second-order valence-corrected chi connectivity index (χ2v) is 10.9. The molecular formula is C37H33N. The van der Waals surface area contributed by atoms with Crippen molar-refractivity contribution in [3.8, 4) is 17.5 Å². The summed E-state index contributed by atoms with van der Waals surface area (Å²) >= 11 is 0. The van der Waals surface area contributed by atoms with Crippen molar-refractivity contribution < 1.29 is 0 Å². The predicted molar refractivity (Wildman–Crippen MR) is 164 cm³/mol. The first-order chi connectivity index (χ1) is 18.4. The minimum absolute atomic E-state index is 0.00966. The van der Waals surface area contributed by atoms with Crippen molar-refractivity contribution in [3.05, 3.63) is 125 Å². The normalized spacial score (nSPS) is 20.4. The van der Waals surface area contributed by atoms with Gasteiger partial charge in [-0.2, -0.15) is 0 Å². The Morgan fingerprint density at radius 3 is 2.66 bits per heavy atom. The van der Waals surface area contributed by atoms with E-state index in [1.807, 2.05) is 6.08 Å². The van der Waals surface area contributed by atoms with Crippen molar-refractivity contribution in [2.75, 3.05) is 0 Å². The second-order valence-electron chi connectivity index (χ2n) is 10.9. The third-order valence-electron chi connectivity index (χ3n) is 8.11. The molecule has 1 unspecified atom stereocenters. The number of hydrogen-bond donors (Lipinski definition) is 0. The van der Waals surface area contributed by atoms with Crippen LogP contribution in [0.2, 0.25) is 0 Å². The Kier molecular flexibility index (Phi) is 5.85. The first kappa shape index (κ1) is 24.1. The first-order valence-electron chi connectivity index (χ1n) is 13.4. The van der Waals surface area contributed by atoms with Gasteiger partial charge in [0.15, 0.2) is 0 Å². The highest BCUT2D eigenvalue weighted by Crippen LogP contribution is 2.50. The van der Waals surface area contributed by atoms with Crippen LogP contribution < -0.4 is 0 Å². The van der Waals surface area contributed by atoms with Gasteiger partial charge in [-0.15, -0.1) is 0 Å². The molecule has 38 heavy (non-hydrogen) atoms. The van der Waals surface area contributed by atoms with Crippen LogP contribution in [-0.4, -0.2) is 4.57 Å². The van der Waals surface area contributed by atoms with Gasteiger partial charge in [0, 0.05) is 28.5 Å². The van der Waals surface area contributed by atoms with Crippen LogP contribution in [0.5, 0.6) is 0 Å². The van der Waals surface area contributed by atoms with Crippen LogP contribution >= 0.6 is 0 Å². The molecule has 0 bridgehead atoms. The van der Waals surface area contributed by atoms with Gasteiger partial charge in [-0.05, 0) is 83.7 Å². The standard InChI is InChI=1S/C37H33N/c1-6-13-35-29(7-2)32-24-27(20-21-36(32)38(35)28-16-12-14-25(3)22-28)26-15-8-10-19-34-31(23-26)30-17-9-11-18-33(30)37(34,4)5/h6-7,9,11-18,20-24,34H,2,8H2,1,3-5H3/b13-6-,26-15+,31-23-. The van der Waals surface area contributed by atoms with E-state index >= 15 is 0 Å². The fourth-order valence-electron chi connectivity index (χ4n) is 6.26. The summed E-state index contributed by atoms with van der Waals surface area (Å²) in [5.74, 6) is 7.26. The van der Waals surface area contributed by atoms with Crippen molar-refractivity contribution in [2.24, 2.45) is 5.92 Å². The summed E-state index contributed by atoms with van der Waals surface area (Å²) < 4.78 is 2.35. The molecule has 1 heterocycles. The molecule has 0 N–H and O–H groups in total. The van der Waals surface area contributed by atoms with Crippen LogP contribution in [0, 0.1) is 24.7 Å². The molecule has 0 saturated carbocycles. The summed E-state index contributed by atoms with van der Waals surface area (Å²) in [6.45, 7) is 13.1. The molecule has 0 fully saturated rings. The quantitative estimate of drug-likeness (QED) is 0.251. The molecule has 4 aromatic rings. The summed E-state index contributed by atoms with van der Waals surface area (Å²) in [5, 5.41) is 1.21. The molecule has 186 valence electrons. The molecule has 6 rings (SSSR count). The van der Waals surface area contributed by atoms with E-state index in [9.17, 15) is 0 Å². The molecule has 1 aromatic heterocycles. The molecule has 1 nitrogen and oxygen atoms in total. The van der Waals surface area contributed by atoms with Crippen LogP contribution in [-0.2, 0) is 5.41 Å². The summed E-state index contributed by atoms with van der Waals surface area (Å²) in [6, 6.07) is 24.4. The molecular weight excluding hydrogens is 458 g/mol. The SMILES string of the molecule is C=Cc1c(/C=C\C)n(-c2cccc(C)c2)c2ccc(C3=C/CC#CC4/C(=C\3)c3ccccc3C4(C)C)cc12. The zero-order valence-electron chi connectivity index (χ0n) is 22.7. The molecule has 0 spiro atoms. The van der Waals surface area contributed by atoms with E-state index < -0.39 is 0 Å². The van der Waals surface area contributed by atoms with Crippen LogP contribution in [0.3, 0.4) is 0 Å².